The Morgan fingerprint density at radius 3 is 2.43 bits per heavy atom. The Hall–Kier alpha value is -0.880. The quantitative estimate of drug-likeness (QED) is 0.761. The zero-order valence-electron chi connectivity index (χ0n) is 11.7. The van der Waals surface area contributed by atoms with E-state index in [-0.39, 0.29) is 23.8 Å². The van der Waals surface area contributed by atoms with Crippen LogP contribution in [0.15, 0.2) is 27.1 Å². The van der Waals surface area contributed by atoms with Crippen LogP contribution in [0.25, 0.3) is 0 Å². The number of hydrogen-bond donors (Lipinski definition) is 1. The van der Waals surface area contributed by atoms with E-state index in [0.29, 0.717) is 5.56 Å². The summed E-state index contributed by atoms with van der Waals surface area (Å²) < 4.78 is 6.45. The van der Waals surface area contributed by atoms with Gasteiger partial charge in [-0.2, -0.15) is 0 Å². The maximum Gasteiger partial charge on any atom is 0.308 e. The third-order valence-electron chi connectivity index (χ3n) is 3.77. The number of ether oxygens (including phenoxy) is 1. The normalized spacial score (nSPS) is 21.7. The first-order valence-corrected chi connectivity index (χ1v) is 8.43. The van der Waals surface area contributed by atoms with Gasteiger partial charge in [0.25, 0.3) is 5.91 Å². The lowest BCUT2D eigenvalue weighted by molar-refractivity contribution is -0.146. The van der Waals surface area contributed by atoms with Crippen LogP contribution < -0.4 is 5.32 Å². The average Bonchev–Trinajstić information content (AvgIpc) is 2.47. The molecule has 2 rings (SSSR count). The minimum Gasteiger partial charge on any atom is -0.469 e. The van der Waals surface area contributed by atoms with Crippen molar-refractivity contribution in [2.24, 2.45) is 5.92 Å². The van der Waals surface area contributed by atoms with E-state index in [1.807, 2.05) is 12.1 Å². The fourth-order valence-corrected chi connectivity index (χ4v) is 3.80. The molecular weight excluding hydrogens is 402 g/mol. The second kappa shape index (κ2) is 7.40. The molecule has 114 valence electrons. The van der Waals surface area contributed by atoms with Crippen molar-refractivity contribution in [3.05, 3.63) is 32.7 Å². The zero-order valence-corrected chi connectivity index (χ0v) is 14.9. The molecule has 21 heavy (non-hydrogen) atoms. The summed E-state index contributed by atoms with van der Waals surface area (Å²) in [7, 11) is 1.42. The van der Waals surface area contributed by atoms with Gasteiger partial charge in [0.15, 0.2) is 0 Å². The molecule has 1 aromatic carbocycles. The van der Waals surface area contributed by atoms with Gasteiger partial charge in [0.05, 0.1) is 18.6 Å². The molecule has 0 radical (unpaired) electrons. The van der Waals surface area contributed by atoms with E-state index in [9.17, 15) is 9.59 Å². The first-order valence-electron chi connectivity index (χ1n) is 6.85. The second-order valence-electron chi connectivity index (χ2n) is 5.17. The topological polar surface area (TPSA) is 55.4 Å². The minimum atomic E-state index is -0.143. The molecule has 1 aliphatic rings. The predicted octanol–water partition coefficient (Wildman–Crippen LogP) is 3.67. The molecule has 1 amide bonds. The molecule has 1 aliphatic carbocycles. The summed E-state index contributed by atoms with van der Waals surface area (Å²) in [5.41, 5.74) is 0.619. The van der Waals surface area contributed by atoms with Crippen LogP contribution in [0.4, 0.5) is 0 Å². The Balaban J connectivity index is 1.91. The number of methoxy groups -OCH3 is 1. The summed E-state index contributed by atoms with van der Waals surface area (Å²) in [4.78, 5) is 23.7. The second-order valence-corrected chi connectivity index (χ2v) is 6.94. The minimum absolute atomic E-state index is 0.0254. The Bertz CT molecular complexity index is 540. The van der Waals surface area contributed by atoms with Crippen molar-refractivity contribution in [3.8, 4) is 0 Å². The molecule has 4 nitrogen and oxygen atoms in total. The summed E-state index contributed by atoms with van der Waals surface area (Å²) in [5, 5.41) is 3.04. The van der Waals surface area contributed by atoms with E-state index >= 15 is 0 Å². The van der Waals surface area contributed by atoms with Crippen molar-refractivity contribution in [2.75, 3.05) is 7.11 Å². The average molecular weight is 419 g/mol. The maximum atomic E-state index is 12.3. The van der Waals surface area contributed by atoms with Crippen molar-refractivity contribution in [3.63, 3.8) is 0 Å². The van der Waals surface area contributed by atoms with E-state index in [1.165, 1.54) is 7.11 Å². The molecule has 1 fully saturated rings. The maximum absolute atomic E-state index is 12.3. The molecule has 0 atom stereocenters. The van der Waals surface area contributed by atoms with E-state index in [0.717, 1.165) is 34.6 Å². The number of halogens is 2. The van der Waals surface area contributed by atoms with Gasteiger partial charge in [-0.15, -0.1) is 0 Å². The number of carbonyl (C=O) groups is 2. The standard InChI is InChI=1S/C15H17Br2NO3/c1-21-15(20)9-2-5-11(6-3-9)18-14(19)12-7-4-10(16)8-13(12)17/h4,7-9,11H,2-3,5-6H2,1H3,(H,18,19). The van der Waals surface area contributed by atoms with Crippen LogP contribution in [0.3, 0.4) is 0 Å². The van der Waals surface area contributed by atoms with Crippen LogP contribution in [-0.2, 0) is 9.53 Å². The summed E-state index contributed by atoms with van der Waals surface area (Å²) in [6, 6.07) is 5.59. The highest BCUT2D eigenvalue weighted by Gasteiger charge is 2.28. The molecule has 0 aliphatic heterocycles. The summed E-state index contributed by atoms with van der Waals surface area (Å²) in [6.07, 6.45) is 3.14. The molecule has 0 aromatic heterocycles. The smallest absolute Gasteiger partial charge is 0.308 e. The number of nitrogens with one attached hydrogen (secondary N) is 1. The van der Waals surface area contributed by atoms with Gasteiger partial charge in [0, 0.05) is 15.0 Å². The Morgan fingerprint density at radius 1 is 1.19 bits per heavy atom. The molecule has 0 bridgehead atoms. The number of benzene rings is 1. The van der Waals surface area contributed by atoms with Crippen LogP contribution in [0.2, 0.25) is 0 Å². The van der Waals surface area contributed by atoms with Crippen LogP contribution >= 0.6 is 31.9 Å². The van der Waals surface area contributed by atoms with Gasteiger partial charge in [-0.05, 0) is 59.8 Å². The van der Waals surface area contributed by atoms with Gasteiger partial charge < -0.3 is 10.1 Å². The third kappa shape index (κ3) is 4.30. The Labute approximate surface area is 140 Å². The fourth-order valence-electron chi connectivity index (χ4n) is 2.58. The lowest BCUT2D eigenvalue weighted by atomic mass is 9.86. The van der Waals surface area contributed by atoms with Crippen LogP contribution in [-0.4, -0.2) is 25.0 Å². The van der Waals surface area contributed by atoms with Gasteiger partial charge >= 0.3 is 5.97 Å². The Morgan fingerprint density at radius 2 is 1.86 bits per heavy atom. The van der Waals surface area contributed by atoms with Crippen molar-refractivity contribution >= 4 is 43.7 Å². The molecule has 1 aromatic rings. The van der Waals surface area contributed by atoms with Crippen LogP contribution in [0.5, 0.6) is 0 Å². The molecule has 0 heterocycles. The number of esters is 1. The van der Waals surface area contributed by atoms with Gasteiger partial charge in [-0.1, -0.05) is 15.9 Å². The summed E-state index contributed by atoms with van der Waals surface area (Å²) in [6.45, 7) is 0. The number of carbonyl (C=O) groups excluding carboxylic acids is 2. The molecular formula is C15H17Br2NO3. The summed E-state index contributed by atoms with van der Waals surface area (Å²) in [5.74, 6) is -0.256. The monoisotopic (exact) mass is 417 g/mol. The number of amides is 1. The summed E-state index contributed by atoms with van der Waals surface area (Å²) >= 11 is 6.76. The van der Waals surface area contributed by atoms with Crippen molar-refractivity contribution in [2.45, 2.75) is 31.7 Å². The van der Waals surface area contributed by atoms with Gasteiger partial charge in [-0.25, -0.2) is 0 Å². The lowest BCUT2D eigenvalue weighted by Gasteiger charge is -2.27. The third-order valence-corrected chi connectivity index (χ3v) is 4.92. The predicted molar refractivity (Wildman–Crippen MR) is 87.1 cm³/mol. The molecule has 0 unspecified atom stereocenters. The first-order chi connectivity index (χ1) is 10.0. The van der Waals surface area contributed by atoms with Crippen LogP contribution in [0, 0.1) is 5.92 Å². The Kier molecular flexibility index (Phi) is 5.81. The van der Waals surface area contributed by atoms with Crippen LogP contribution in [0.1, 0.15) is 36.0 Å². The highest BCUT2D eigenvalue weighted by molar-refractivity contribution is 9.11. The highest BCUT2D eigenvalue weighted by atomic mass is 79.9. The molecule has 6 heteroatoms. The van der Waals surface area contributed by atoms with Gasteiger partial charge in [0.1, 0.15) is 0 Å². The van der Waals surface area contributed by atoms with Gasteiger partial charge in [-0.3, -0.25) is 9.59 Å². The molecule has 1 saturated carbocycles. The highest BCUT2D eigenvalue weighted by Crippen LogP contribution is 2.26. The van der Waals surface area contributed by atoms with E-state index in [1.54, 1.807) is 6.07 Å². The van der Waals surface area contributed by atoms with E-state index in [4.69, 9.17) is 4.74 Å². The van der Waals surface area contributed by atoms with Crippen molar-refractivity contribution in [1.82, 2.24) is 5.32 Å². The molecule has 0 saturated heterocycles. The lowest BCUT2D eigenvalue weighted by Crippen LogP contribution is -2.39. The SMILES string of the molecule is COC(=O)C1CCC(NC(=O)c2ccc(Br)cc2Br)CC1. The largest absolute Gasteiger partial charge is 0.469 e. The zero-order chi connectivity index (χ0) is 15.4. The van der Waals surface area contributed by atoms with Crippen molar-refractivity contribution < 1.29 is 14.3 Å². The van der Waals surface area contributed by atoms with Gasteiger partial charge in [0.2, 0.25) is 0 Å². The number of hydrogen-bond acceptors (Lipinski definition) is 3. The fraction of sp³-hybridized carbons (Fsp3) is 0.467. The number of rotatable bonds is 3. The molecule has 1 N–H and O–H groups in total. The first kappa shape index (κ1) is 16.5. The van der Waals surface area contributed by atoms with Crippen molar-refractivity contribution in [1.29, 1.82) is 0 Å². The van der Waals surface area contributed by atoms with E-state index in [2.05, 4.69) is 37.2 Å². The molecule has 0 spiro atoms. The van der Waals surface area contributed by atoms with E-state index < -0.39 is 0 Å².